The molecule has 116 valence electrons. The molecule has 0 bridgehead atoms. The van der Waals surface area contributed by atoms with Crippen molar-refractivity contribution in [1.82, 2.24) is 10.3 Å². The van der Waals surface area contributed by atoms with Crippen LogP contribution in [0.1, 0.15) is 15.9 Å². The Bertz CT molecular complexity index is 901. The summed E-state index contributed by atoms with van der Waals surface area (Å²) in [7, 11) is 0. The van der Waals surface area contributed by atoms with E-state index in [9.17, 15) is 9.59 Å². The Morgan fingerprint density at radius 1 is 1.09 bits per heavy atom. The molecule has 0 fully saturated rings. The second-order valence-electron chi connectivity index (χ2n) is 5.22. The zero-order valence-corrected chi connectivity index (χ0v) is 13.1. The van der Waals surface area contributed by atoms with E-state index in [0.717, 1.165) is 16.5 Å². The van der Waals surface area contributed by atoms with Crippen molar-refractivity contribution < 1.29 is 4.79 Å². The minimum Gasteiger partial charge on any atom is -0.352 e. The molecule has 0 saturated heterocycles. The van der Waals surface area contributed by atoms with Crippen molar-refractivity contribution >= 4 is 28.4 Å². The highest BCUT2D eigenvalue weighted by molar-refractivity contribution is 6.30. The topological polar surface area (TPSA) is 62.0 Å². The number of H-pyrrole nitrogens is 1. The quantitative estimate of drug-likeness (QED) is 0.773. The van der Waals surface area contributed by atoms with Crippen LogP contribution in [-0.2, 0) is 6.42 Å². The molecule has 0 aliphatic rings. The van der Waals surface area contributed by atoms with E-state index in [0.29, 0.717) is 23.6 Å². The molecule has 2 N–H and O–H groups in total. The summed E-state index contributed by atoms with van der Waals surface area (Å²) in [6.07, 6.45) is 0.587. The van der Waals surface area contributed by atoms with E-state index in [1.54, 1.807) is 30.3 Å². The first kappa shape index (κ1) is 15.3. The van der Waals surface area contributed by atoms with Crippen molar-refractivity contribution in [2.75, 3.05) is 6.54 Å². The van der Waals surface area contributed by atoms with Crippen LogP contribution in [0.15, 0.2) is 59.4 Å². The van der Waals surface area contributed by atoms with E-state index in [-0.39, 0.29) is 11.5 Å². The number of aromatic nitrogens is 1. The van der Waals surface area contributed by atoms with Crippen LogP contribution in [0, 0.1) is 0 Å². The molecule has 0 unspecified atom stereocenters. The maximum atomic E-state index is 12.1. The number of nitrogens with one attached hydrogen (secondary N) is 2. The summed E-state index contributed by atoms with van der Waals surface area (Å²) < 4.78 is 0. The Labute approximate surface area is 138 Å². The Morgan fingerprint density at radius 2 is 1.83 bits per heavy atom. The van der Waals surface area contributed by atoms with Crippen molar-refractivity contribution in [1.29, 1.82) is 0 Å². The van der Waals surface area contributed by atoms with Crippen LogP contribution in [0.25, 0.3) is 10.9 Å². The van der Waals surface area contributed by atoms with Crippen LogP contribution < -0.4 is 10.9 Å². The lowest BCUT2D eigenvalue weighted by Gasteiger charge is -2.08. The molecule has 3 rings (SSSR count). The normalized spacial score (nSPS) is 10.7. The van der Waals surface area contributed by atoms with Crippen molar-refractivity contribution in [3.05, 3.63) is 81.1 Å². The van der Waals surface area contributed by atoms with Crippen LogP contribution in [-0.4, -0.2) is 17.4 Å². The van der Waals surface area contributed by atoms with Crippen LogP contribution in [0.5, 0.6) is 0 Å². The minimum atomic E-state index is -0.157. The number of aromatic amines is 1. The Kier molecular flexibility index (Phi) is 4.44. The number of pyridine rings is 1. The smallest absolute Gasteiger partial charge is 0.251 e. The lowest BCUT2D eigenvalue weighted by Crippen LogP contribution is -2.26. The molecule has 4 nitrogen and oxygen atoms in total. The Morgan fingerprint density at radius 3 is 2.61 bits per heavy atom. The Balaban J connectivity index is 1.70. The standard InChI is InChI=1S/C18H15ClN2O2/c19-14-7-5-12(6-8-14)18(23)20-10-9-13-11-17(22)21-16-4-2-1-3-15(13)16/h1-8,11H,9-10H2,(H,20,23)(H,21,22). The first-order valence-corrected chi connectivity index (χ1v) is 7.66. The van der Waals surface area contributed by atoms with Gasteiger partial charge in [-0.15, -0.1) is 0 Å². The SMILES string of the molecule is O=C(NCCc1cc(=O)[nH]c2ccccc12)c1ccc(Cl)cc1. The molecule has 1 heterocycles. The summed E-state index contributed by atoms with van der Waals surface area (Å²) >= 11 is 5.81. The summed E-state index contributed by atoms with van der Waals surface area (Å²) in [5, 5.41) is 4.44. The van der Waals surface area contributed by atoms with Gasteiger partial charge in [-0.05, 0) is 42.3 Å². The molecular formula is C18H15ClN2O2. The van der Waals surface area contributed by atoms with Crippen LogP contribution >= 0.6 is 11.6 Å². The van der Waals surface area contributed by atoms with Crippen LogP contribution in [0.2, 0.25) is 5.02 Å². The van der Waals surface area contributed by atoms with Gasteiger partial charge in [0.2, 0.25) is 5.56 Å². The van der Waals surface area contributed by atoms with Gasteiger partial charge in [-0.3, -0.25) is 9.59 Å². The predicted molar refractivity (Wildman–Crippen MR) is 92.1 cm³/mol. The van der Waals surface area contributed by atoms with Gasteiger partial charge >= 0.3 is 0 Å². The van der Waals surface area contributed by atoms with Gasteiger partial charge in [0.15, 0.2) is 0 Å². The van der Waals surface area contributed by atoms with E-state index in [2.05, 4.69) is 10.3 Å². The molecule has 0 aliphatic carbocycles. The molecule has 0 spiro atoms. The third-order valence-corrected chi connectivity index (χ3v) is 3.87. The lowest BCUT2D eigenvalue weighted by molar-refractivity contribution is 0.0954. The average Bonchev–Trinajstić information content (AvgIpc) is 2.55. The molecule has 1 aromatic heterocycles. The molecule has 0 saturated carbocycles. The predicted octanol–water partition coefficient (Wildman–Crippen LogP) is 3.15. The van der Waals surface area contributed by atoms with Gasteiger partial charge in [0.05, 0.1) is 0 Å². The second-order valence-corrected chi connectivity index (χ2v) is 5.65. The number of rotatable bonds is 4. The number of hydrogen-bond donors (Lipinski definition) is 2. The number of halogens is 1. The van der Waals surface area contributed by atoms with E-state index in [1.165, 1.54) is 0 Å². The zero-order chi connectivity index (χ0) is 16.2. The molecule has 0 atom stereocenters. The number of carbonyl (C=O) groups is 1. The van der Waals surface area contributed by atoms with Gasteiger partial charge in [0.25, 0.3) is 5.91 Å². The monoisotopic (exact) mass is 326 g/mol. The van der Waals surface area contributed by atoms with Gasteiger partial charge in [0, 0.05) is 34.1 Å². The molecule has 23 heavy (non-hydrogen) atoms. The number of hydrogen-bond acceptors (Lipinski definition) is 2. The number of amides is 1. The molecular weight excluding hydrogens is 312 g/mol. The number of carbonyl (C=O) groups excluding carboxylic acids is 1. The minimum absolute atomic E-state index is 0.136. The number of para-hydroxylation sites is 1. The highest BCUT2D eigenvalue weighted by Gasteiger charge is 2.06. The van der Waals surface area contributed by atoms with Crippen molar-refractivity contribution in [2.24, 2.45) is 0 Å². The molecule has 0 aliphatic heterocycles. The van der Waals surface area contributed by atoms with E-state index < -0.39 is 0 Å². The zero-order valence-electron chi connectivity index (χ0n) is 12.3. The van der Waals surface area contributed by atoms with Gasteiger partial charge in [-0.25, -0.2) is 0 Å². The fraction of sp³-hybridized carbons (Fsp3) is 0.111. The van der Waals surface area contributed by atoms with Crippen molar-refractivity contribution in [2.45, 2.75) is 6.42 Å². The van der Waals surface area contributed by atoms with E-state index in [4.69, 9.17) is 11.6 Å². The van der Waals surface area contributed by atoms with Crippen molar-refractivity contribution in [3.63, 3.8) is 0 Å². The fourth-order valence-corrected chi connectivity index (χ4v) is 2.62. The largest absolute Gasteiger partial charge is 0.352 e. The third-order valence-electron chi connectivity index (χ3n) is 3.62. The molecule has 0 radical (unpaired) electrons. The molecule has 5 heteroatoms. The highest BCUT2D eigenvalue weighted by atomic mass is 35.5. The van der Waals surface area contributed by atoms with E-state index in [1.807, 2.05) is 24.3 Å². The first-order valence-electron chi connectivity index (χ1n) is 7.28. The summed E-state index contributed by atoms with van der Waals surface area (Å²) in [4.78, 5) is 26.6. The van der Waals surface area contributed by atoms with E-state index >= 15 is 0 Å². The van der Waals surface area contributed by atoms with Crippen LogP contribution in [0.3, 0.4) is 0 Å². The summed E-state index contributed by atoms with van der Waals surface area (Å²) in [5.74, 6) is -0.157. The number of benzene rings is 2. The van der Waals surface area contributed by atoms with Gasteiger partial charge in [-0.1, -0.05) is 29.8 Å². The maximum absolute atomic E-state index is 12.1. The fourth-order valence-electron chi connectivity index (χ4n) is 2.50. The summed E-state index contributed by atoms with van der Waals surface area (Å²) in [6.45, 7) is 0.453. The maximum Gasteiger partial charge on any atom is 0.251 e. The third kappa shape index (κ3) is 3.60. The van der Waals surface area contributed by atoms with Crippen LogP contribution in [0.4, 0.5) is 0 Å². The lowest BCUT2D eigenvalue weighted by atomic mass is 10.1. The highest BCUT2D eigenvalue weighted by Crippen LogP contribution is 2.15. The summed E-state index contributed by atoms with van der Waals surface area (Å²) in [6, 6.07) is 15.9. The van der Waals surface area contributed by atoms with Gasteiger partial charge in [0.1, 0.15) is 0 Å². The van der Waals surface area contributed by atoms with Gasteiger partial charge in [-0.2, -0.15) is 0 Å². The molecule has 2 aromatic carbocycles. The summed E-state index contributed by atoms with van der Waals surface area (Å²) in [5.41, 5.74) is 2.15. The Hall–Kier alpha value is -2.59. The second kappa shape index (κ2) is 6.67. The average molecular weight is 327 g/mol. The van der Waals surface area contributed by atoms with Gasteiger partial charge < -0.3 is 10.3 Å². The molecule has 3 aromatic rings. The first-order chi connectivity index (χ1) is 11.1. The number of fused-ring (bicyclic) bond motifs is 1. The molecule has 1 amide bonds. The van der Waals surface area contributed by atoms with Crippen molar-refractivity contribution in [3.8, 4) is 0 Å².